The lowest BCUT2D eigenvalue weighted by Gasteiger charge is -2.30. The summed E-state index contributed by atoms with van der Waals surface area (Å²) in [4.78, 5) is 13.7. The minimum atomic E-state index is -0.548. The molecule has 0 fully saturated rings. The first-order valence-electron chi connectivity index (χ1n) is 6.01. The number of carbonyl (C=O) groups excluding carboxylic acids is 1. The van der Waals surface area contributed by atoms with E-state index in [1.807, 2.05) is 26.8 Å². The van der Waals surface area contributed by atoms with E-state index in [1.54, 1.807) is 30.1 Å². The third kappa shape index (κ3) is 3.47. The fraction of sp³-hybridized carbons (Fsp3) is 0.500. The van der Waals surface area contributed by atoms with Crippen LogP contribution in [0.1, 0.15) is 26.3 Å². The van der Waals surface area contributed by atoms with Crippen LogP contribution >= 0.6 is 0 Å². The van der Waals surface area contributed by atoms with Crippen LogP contribution in [0.15, 0.2) is 24.3 Å². The van der Waals surface area contributed by atoms with Crippen molar-refractivity contribution < 1.29 is 9.90 Å². The minimum Gasteiger partial charge on any atom is -0.508 e. The summed E-state index contributed by atoms with van der Waals surface area (Å²) in [6.07, 6.45) is 0. The van der Waals surface area contributed by atoms with Gasteiger partial charge in [0.25, 0.3) is 0 Å². The summed E-state index contributed by atoms with van der Waals surface area (Å²) < 4.78 is 0. The van der Waals surface area contributed by atoms with Gasteiger partial charge in [-0.05, 0) is 11.5 Å². The zero-order valence-electron chi connectivity index (χ0n) is 11.5. The van der Waals surface area contributed by atoms with Crippen molar-refractivity contribution in [2.45, 2.75) is 33.4 Å². The lowest BCUT2D eigenvalue weighted by atomic mass is 9.86. The monoisotopic (exact) mass is 250 g/mol. The molecule has 1 atom stereocenters. The maximum Gasteiger partial charge on any atom is 0.240 e. The van der Waals surface area contributed by atoms with Gasteiger partial charge in [-0.25, -0.2) is 0 Å². The summed E-state index contributed by atoms with van der Waals surface area (Å²) in [7, 11) is 1.69. The van der Waals surface area contributed by atoms with Crippen molar-refractivity contribution >= 4 is 5.91 Å². The molecular weight excluding hydrogens is 228 g/mol. The Morgan fingerprint density at radius 3 is 2.44 bits per heavy atom. The van der Waals surface area contributed by atoms with Crippen molar-refractivity contribution in [3.05, 3.63) is 29.8 Å². The van der Waals surface area contributed by atoms with Gasteiger partial charge in [0.15, 0.2) is 0 Å². The minimum absolute atomic E-state index is 0.120. The highest BCUT2D eigenvalue weighted by Crippen LogP contribution is 2.21. The molecule has 1 aromatic rings. The highest BCUT2D eigenvalue weighted by Gasteiger charge is 2.29. The van der Waals surface area contributed by atoms with Gasteiger partial charge < -0.3 is 15.7 Å². The van der Waals surface area contributed by atoms with E-state index < -0.39 is 6.04 Å². The molecular formula is C14H22N2O2. The topological polar surface area (TPSA) is 66.6 Å². The van der Waals surface area contributed by atoms with E-state index in [2.05, 4.69) is 0 Å². The summed E-state index contributed by atoms with van der Waals surface area (Å²) >= 11 is 0. The molecule has 1 aromatic carbocycles. The van der Waals surface area contributed by atoms with Crippen LogP contribution in [0.25, 0.3) is 0 Å². The number of hydrogen-bond donors (Lipinski definition) is 2. The molecule has 0 aromatic heterocycles. The quantitative estimate of drug-likeness (QED) is 0.858. The number of phenols is 1. The van der Waals surface area contributed by atoms with Gasteiger partial charge in [-0.15, -0.1) is 0 Å². The Bertz CT molecular complexity index is 424. The maximum absolute atomic E-state index is 12.1. The van der Waals surface area contributed by atoms with Crippen LogP contribution in [0.5, 0.6) is 5.75 Å². The van der Waals surface area contributed by atoms with Crippen molar-refractivity contribution in [2.75, 3.05) is 7.05 Å². The molecule has 100 valence electrons. The molecule has 0 aliphatic rings. The highest BCUT2D eigenvalue weighted by molar-refractivity contribution is 5.82. The lowest BCUT2D eigenvalue weighted by Crippen LogP contribution is -2.48. The normalized spacial score (nSPS) is 13.2. The number of likely N-dealkylation sites (N-methyl/N-ethyl adjacent to an activating group) is 1. The number of benzene rings is 1. The van der Waals surface area contributed by atoms with Gasteiger partial charge >= 0.3 is 0 Å². The van der Waals surface area contributed by atoms with E-state index >= 15 is 0 Å². The smallest absolute Gasteiger partial charge is 0.240 e. The molecule has 0 saturated heterocycles. The van der Waals surface area contributed by atoms with Crippen LogP contribution in [0.3, 0.4) is 0 Å². The average Bonchev–Trinajstić information content (AvgIpc) is 2.29. The summed E-state index contributed by atoms with van der Waals surface area (Å²) in [6.45, 7) is 6.16. The van der Waals surface area contributed by atoms with E-state index in [1.165, 1.54) is 0 Å². The van der Waals surface area contributed by atoms with Crippen LogP contribution in [0.2, 0.25) is 0 Å². The molecule has 0 spiro atoms. The number of hydrogen-bond acceptors (Lipinski definition) is 3. The van der Waals surface area contributed by atoms with Crippen LogP contribution in [0.4, 0.5) is 0 Å². The Labute approximate surface area is 108 Å². The predicted molar refractivity (Wildman–Crippen MR) is 72.0 cm³/mol. The van der Waals surface area contributed by atoms with Gasteiger partial charge in [0.1, 0.15) is 5.75 Å². The van der Waals surface area contributed by atoms with Gasteiger partial charge in [-0.1, -0.05) is 39.0 Å². The largest absolute Gasteiger partial charge is 0.508 e. The molecule has 3 N–H and O–H groups in total. The van der Waals surface area contributed by atoms with Gasteiger partial charge in [0.2, 0.25) is 5.91 Å². The van der Waals surface area contributed by atoms with E-state index in [4.69, 9.17) is 5.73 Å². The zero-order chi connectivity index (χ0) is 13.9. The summed E-state index contributed by atoms with van der Waals surface area (Å²) in [5.41, 5.74) is 6.38. The number of carbonyl (C=O) groups is 1. The fourth-order valence-corrected chi connectivity index (χ4v) is 1.59. The molecule has 1 rings (SSSR count). The zero-order valence-corrected chi connectivity index (χ0v) is 11.5. The Morgan fingerprint density at radius 1 is 1.39 bits per heavy atom. The average molecular weight is 250 g/mol. The van der Waals surface area contributed by atoms with Crippen molar-refractivity contribution in [3.8, 4) is 5.75 Å². The molecule has 18 heavy (non-hydrogen) atoms. The maximum atomic E-state index is 12.1. The Balaban J connectivity index is 2.75. The summed E-state index contributed by atoms with van der Waals surface area (Å²) in [5.74, 6) is 0.0761. The second-order valence-corrected chi connectivity index (χ2v) is 5.67. The lowest BCUT2D eigenvalue weighted by molar-refractivity contribution is -0.134. The Morgan fingerprint density at radius 2 is 1.94 bits per heavy atom. The van der Waals surface area contributed by atoms with Gasteiger partial charge in [-0.2, -0.15) is 0 Å². The first-order valence-corrected chi connectivity index (χ1v) is 6.01. The molecule has 0 radical (unpaired) electrons. The third-order valence-electron chi connectivity index (χ3n) is 2.97. The van der Waals surface area contributed by atoms with E-state index in [0.717, 1.165) is 5.56 Å². The highest BCUT2D eigenvalue weighted by atomic mass is 16.3. The summed E-state index contributed by atoms with van der Waals surface area (Å²) in [5, 5.41) is 9.67. The van der Waals surface area contributed by atoms with Crippen LogP contribution in [0, 0.1) is 5.41 Å². The fourth-order valence-electron chi connectivity index (χ4n) is 1.59. The van der Waals surface area contributed by atoms with Crippen LogP contribution in [-0.4, -0.2) is 29.0 Å². The first-order chi connectivity index (χ1) is 8.23. The number of rotatable bonds is 3. The van der Waals surface area contributed by atoms with E-state index in [-0.39, 0.29) is 17.1 Å². The number of aromatic hydroxyl groups is 1. The molecule has 0 aliphatic heterocycles. The van der Waals surface area contributed by atoms with Crippen LogP contribution in [-0.2, 0) is 11.3 Å². The summed E-state index contributed by atoms with van der Waals surface area (Å²) in [6, 6.07) is 6.44. The second-order valence-electron chi connectivity index (χ2n) is 5.67. The number of nitrogens with two attached hydrogens (primary N) is 1. The van der Waals surface area contributed by atoms with Crippen molar-refractivity contribution in [1.82, 2.24) is 4.90 Å². The molecule has 0 heterocycles. The van der Waals surface area contributed by atoms with Gasteiger partial charge in [0.05, 0.1) is 6.04 Å². The first kappa shape index (κ1) is 14.5. The number of nitrogens with zero attached hydrogens (tertiary/aromatic N) is 1. The van der Waals surface area contributed by atoms with Crippen molar-refractivity contribution in [2.24, 2.45) is 11.1 Å². The van der Waals surface area contributed by atoms with Crippen molar-refractivity contribution in [1.29, 1.82) is 0 Å². The number of para-hydroxylation sites is 1. The van der Waals surface area contributed by atoms with E-state index in [9.17, 15) is 9.90 Å². The van der Waals surface area contributed by atoms with Crippen LogP contribution < -0.4 is 5.73 Å². The SMILES string of the molecule is CN(Cc1ccccc1O)C(=O)C(N)C(C)(C)C. The van der Waals surface area contributed by atoms with Gasteiger partial charge in [-0.3, -0.25) is 4.79 Å². The number of phenolic OH excluding ortho intramolecular Hbond substituents is 1. The third-order valence-corrected chi connectivity index (χ3v) is 2.97. The molecule has 1 amide bonds. The van der Waals surface area contributed by atoms with E-state index in [0.29, 0.717) is 6.54 Å². The Kier molecular flexibility index (Phi) is 4.35. The molecule has 1 unspecified atom stereocenters. The number of amides is 1. The standard InChI is InChI=1S/C14H22N2O2/c1-14(2,3)12(15)13(18)16(4)9-10-7-5-6-8-11(10)17/h5-8,12,17H,9,15H2,1-4H3. The Hall–Kier alpha value is -1.55. The second kappa shape index (κ2) is 5.40. The molecule has 4 nitrogen and oxygen atoms in total. The molecule has 0 saturated carbocycles. The van der Waals surface area contributed by atoms with Gasteiger partial charge in [0, 0.05) is 19.2 Å². The van der Waals surface area contributed by atoms with Crippen molar-refractivity contribution in [3.63, 3.8) is 0 Å². The predicted octanol–water partition coefficient (Wildman–Crippen LogP) is 1.72. The molecule has 0 aliphatic carbocycles. The molecule has 0 bridgehead atoms. The molecule has 4 heteroatoms.